The molecule has 0 spiro atoms. The number of nitrogens with zero attached hydrogens (tertiary/aromatic N) is 3. The minimum Gasteiger partial charge on any atom is -0.472 e. The monoisotopic (exact) mass is 327 g/mol. The van der Waals surface area contributed by atoms with Crippen molar-refractivity contribution in [3.05, 3.63) is 51.9 Å². The van der Waals surface area contributed by atoms with Crippen LogP contribution in [0.1, 0.15) is 22.4 Å². The summed E-state index contributed by atoms with van der Waals surface area (Å²) in [6, 6.07) is 5.45. The second-order valence-electron chi connectivity index (χ2n) is 4.38. The van der Waals surface area contributed by atoms with Crippen LogP contribution in [0, 0.1) is 18.3 Å². The highest BCUT2D eigenvalue weighted by atomic mass is 35.5. The van der Waals surface area contributed by atoms with Crippen LogP contribution in [0.2, 0.25) is 5.15 Å². The molecule has 0 saturated heterocycles. The van der Waals surface area contributed by atoms with Crippen LogP contribution in [0.4, 0.5) is 13.2 Å². The highest BCUT2D eigenvalue weighted by Gasteiger charge is 2.36. The number of hydrogen-bond donors (Lipinski definition) is 0. The minimum absolute atomic E-state index is 0.0768. The lowest BCUT2D eigenvalue weighted by Gasteiger charge is -2.13. The van der Waals surface area contributed by atoms with E-state index >= 15 is 0 Å². The van der Waals surface area contributed by atoms with Gasteiger partial charge in [-0.05, 0) is 19.1 Å². The third-order valence-electron chi connectivity index (χ3n) is 2.70. The summed E-state index contributed by atoms with van der Waals surface area (Å²) in [6.07, 6.45) is -3.23. The summed E-state index contributed by atoms with van der Waals surface area (Å²) in [4.78, 5) is 7.69. The number of ether oxygens (including phenoxy) is 1. The maximum Gasteiger partial charge on any atom is 0.417 e. The Labute approximate surface area is 129 Å². The van der Waals surface area contributed by atoms with E-state index in [4.69, 9.17) is 21.6 Å². The molecule has 8 heteroatoms. The number of hydrogen-bond acceptors (Lipinski definition) is 4. The fourth-order valence-electron chi connectivity index (χ4n) is 1.72. The van der Waals surface area contributed by atoms with Crippen LogP contribution in [0.25, 0.3) is 0 Å². The van der Waals surface area contributed by atoms with Crippen molar-refractivity contribution >= 4 is 11.6 Å². The molecule has 0 N–H and O–H groups in total. The normalized spacial score (nSPS) is 11.1. The minimum atomic E-state index is -4.65. The first kappa shape index (κ1) is 16.0. The van der Waals surface area contributed by atoms with E-state index in [1.165, 1.54) is 25.3 Å². The smallest absolute Gasteiger partial charge is 0.417 e. The topological polar surface area (TPSA) is 58.8 Å². The molecule has 2 aromatic heterocycles. The molecule has 0 fully saturated rings. The Kier molecular flexibility index (Phi) is 4.52. The molecule has 0 amide bonds. The van der Waals surface area contributed by atoms with Gasteiger partial charge in [0.2, 0.25) is 5.88 Å². The van der Waals surface area contributed by atoms with Gasteiger partial charge in [-0.15, -0.1) is 0 Å². The van der Waals surface area contributed by atoms with Gasteiger partial charge in [0.25, 0.3) is 0 Å². The first-order chi connectivity index (χ1) is 10.3. The van der Waals surface area contributed by atoms with Gasteiger partial charge in [0, 0.05) is 17.5 Å². The first-order valence-corrected chi connectivity index (χ1v) is 6.41. The molecule has 2 rings (SSSR count). The summed E-state index contributed by atoms with van der Waals surface area (Å²) in [5.74, 6) is -0.357. The van der Waals surface area contributed by atoms with E-state index < -0.39 is 17.3 Å². The summed E-state index contributed by atoms with van der Waals surface area (Å²) in [6.45, 7) is 1.32. The number of halogens is 4. The van der Waals surface area contributed by atoms with Crippen LogP contribution in [0.3, 0.4) is 0 Å². The van der Waals surface area contributed by atoms with Gasteiger partial charge < -0.3 is 4.74 Å². The molecular weight excluding hydrogens is 319 g/mol. The fraction of sp³-hybridized carbons (Fsp3) is 0.214. The molecular formula is C14H9ClF3N3O. The molecule has 114 valence electrons. The zero-order chi connectivity index (χ0) is 16.3. The van der Waals surface area contributed by atoms with E-state index in [1.807, 2.05) is 0 Å². The summed E-state index contributed by atoms with van der Waals surface area (Å²) in [7, 11) is 0. The summed E-state index contributed by atoms with van der Waals surface area (Å²) in [5.41, 5.74) is -1.01. The average molecular weight is 328 g/mol. The Bertz CT molecular complexity index is 724. The largest absolute Gasteiger partial charge is 0.472 e. The predicted octanol–water partition coefficient (Wildman–Crippen LogP) is 3.91. The molecule has 0 aromatic carbocycles. The molecule has 4 nitrogen and oxygen atoms in total. The maximum atomic E-state index is 12.9. The number of aryl methyl sites for hydroxylation is 1. The van der Waals surface area contributed by atoms with Crippen molar-refractivity contribution in [3.8, 4) is 11.9 Å². The van der Waals surface area contributed by atoms with Crippen molar-refractivity contribution in [2.24, 2.45) is 0 Å². The van der Waals surface area contributed by atoms with Crippen LogP contribution >= 0.6 is 11.6 Å². The Morgan fingerprint density at radius 1 is 1.36 bits per heavy atom. The van der Waals surface area contributed by atoms with Crippen molar-refractivity contribution < 1.29 is 17.9 Å². The van der Waals surface area contributed by atoms with E-state index in [9.17, 15) is 13.2 Å². The van der Waals surface area contributed by atoms with Gasteiger partial charge >= 0.3 is 6.18 Å². The van der Waals surface area contributed by atoms with Crippen molar-refractivity contribution in [2.45, 2.75) is 19.7 Å². The molecule has 0 aliphatic rings. The molecule has 0 saturated carbocycles. The Morgan fingerprint density at radius 3 is 2.64 bits per heavy atom. The molecule has 0 aliphatic heterocycles. The Morgan fingerprint density at radius 2 is 2.09 bits per heavy atom. The molecule has 2 aromatic rings. The molecule has 0 aliphatic carbocycles. The van der Waals surface area contributed by atoms with E-state index in [1.54, 1.807) is 6.07 Å². The van der Waals surface area contributed by atoms with Gasteiger partial charge in [0.15, 0.2) is 0 Å². The second-order valence-corrected chi connectivity index (χ2v) is 4.77. The standard InChI is InChI=1S/C14H9ClF3N3O/c1-8-4-11(14(16,17)18)10(5-19)13(21-8)22-7-9-2-3-12(15)20-6-9/h2-4,6H,7H2,1H3. The number of alkyl halides is 3. The van der Waals surface area contributed by atoms with Crippen LogP contribution < -0.4 is 4.74 Å². The summed E-state index contributed by atoms with van der Waals surface area (Å²) in [5, 5.41) is 9.27. The highest BCUT2D eigenvalue weighted by molar-refractivity contribution is 6.29. The van der Waals surface area contributed by atoms with Gasteiger partial charge in [0.05, 0.1) is 5.56 Å². The average Bonchev–Trinajstić information content (AvgIpc) is 2.45. The molecule has 2 heterocycles. The van der Waals surface area contributed by atoms with Gasteiger partial charge in [-0.25, -0.2) is 9.97 Å². The van der Waals surface area contributed by atoms with Crippen LogP contribution in [-0.2, 0) is 12.8 Å². The molecule has 0 radical (unpaired) electrons. The lowest BCUT2D eigenvalue weighted by Crippen LogP contribution is -2.11. The van der Waals surface area contributed by atoms with E-state index in [2.05, 4.69) is 9.97 Å². The van der Waals surface area contributed by atoms with Crippen LogP contribution in [0.5, 0.6) is 5.88 Å². The van der Waals surface area contributed by atoms with E-state index in [-0.39, 0.29) is 23.3 Å². The van der Waals surface area contributed by atoms with E-state index in [0.29, 0.717) is 5.56 Å². The number of nitriles is 1. The van der Waals surface area contributed by atoms with Gasteiger partial charge in [-0.1, -0.05) is 17.7 Å². The van der Waals surface area contributed by atoms with E-state index in [0.717, 1.165) is 6.07 Å². The van der Waals surface area contributed by atoms with Crippen molar-refractivity contribution in [2.75, 3.05) is 0 Å². The third-order valence-corrected chi connectivity index (χ3v) is 2.92. The van der Waals surface area contributed by atoms with Crippen LogP contribution in [0.15, 0.2) is 24.4 Å². The van der Waals surface area contributed by atoms with Crippen molar-refractivity contribution in [3.63, 3.8) is 0 Å². The molecule has 22 heavy (non-hydrogen) atoms. The van der Waals surface area contributed by atoms with Gasteiger partial charge in [0.1, 0.15) is 23.4 Å². The summed E-state index contributed by atoms with van der Waals surface area (Å²) < 4.78 is 44.1. The third kappa shape index (κ3) is 3.65. The quantitative estimate of drug-likeness (QED) is 0.802. The maximum absolute atomic E-state index is 12.9. The zero-order valence-corrected chi connectivity index (χ0v) is 12.0. The lowest BCUT2D eigenvalue weighted by atomic mass is 10.1. The second kappa shape index (κ2) is 6.20. The molecule has 0 unspecified atom stereocenters. The Balaban J connectivity index is 2.33. The lowest BCUT2D eigenvalue weighted by molar-refractivity contribution is -0.138. The first-order valence-electron chi connectivity index (χ1n) is 6.03. The zero-order valence-electron chi connectivity index (χ0n) is 11.3. The van der Waals surface area contributed by atoms with Gasteiger partial charge in [-0.2, -0.15) is 18.4 Å². The molecule has 0 atom stereocenters. The van der Waals surface area contributed by atoms with Crippen LogP contribution in [-0.4, -0.2) is 9.97 Å². The van der Waals surface area contributed by atoms with Crippen molar-refractivity contribution in [1.29, 1.82) is 5.26 Å². The highest BCUT2D eigenvalue weighted by Crippen LogP contribution is 2.35. The SMILES string of the molecule is Cc1cc(C(F)(F)F)c(C#N)c(OCc2ccc(Cl)nc2)n1. The Hall–Kier alpha value is -2.33. The molecule has 0 bridgehead atoms. The van der Waals surface area contributed by atoms with Gasteiger partial charge in [-0.3, -0.25) is 0 Å². The number of pyridine rings is 2. The van der Waals surface area contributed by atoms with Crippen molar-refractivity contribution in [1.82, 2.24) is 9.97 Å². The number of aromatic nitrogens is 2. The fourth-order valence-corrected chi connectivity index (χ4v) is 1.84. The predicted molar refractivity (Wildman–Crippen MR) is 72.3 cm³/mol. The number of rotatable bonds is 3. The summed E-state index contributed by atoms with van der Waals surface area (Å²) >= 11 is 5.64.